The first-order valence-electron chi connectivity index (χ1n) is 9.72. The predicted octanol–water partition coefficient (Wildman–Crippen LogP) is 3.61. The van der Waals surface area contributed by atoms with Crippen molar-refractivity contribution in [1.29, 1.82) is 0 Å². The zero-order chi connectivity index (χ0) is 21.0. The van der Waals surface area contributed by atoms with Crippen LogP contribution in [0.5, 0.6) is 0 Å². The summed E-state index contributed by atoms with van der Waals surface area (Å²) in [6, 6.07) is 7.72. The molecule has 1 aliphatic heterocycles. The monoisotopic (exact) mass is 416 g/mol. The Morgan fingerprint density at radius 2 is 1.93 bits per heavy atom. The van der Waals surface area contributed by atoms with Gasteiger partial charge in [-0.15, -0.1) is 11.3 Å². The number of anilines is 1. The second-order valence-corrected chi connectivity index (χ2v) is 9.19. The first-order valence-corrected chi connectivity index (χ1v) is 10.6. The summed E-state index contributed by atoms with van der Waals surface area (Å²) in [7, 11) is 0. The van der Waals surface area contributed by atoms with Crippen LogP contribution in [0.4, 0.5) is 10.5 Å². The molecule has 2 heterocycles. The molecule has 7 nitrogen and oxygen atoms in total. The molecule has 3 rings (SSSR count). The maximum atomic E-state index is 12.5. The van der Waals surface area contributed by atoms with Gasteiger partial charge in [-0.25, -0.2) is 9.78 Å². The van der Waals surface area contributed by atoms with E-state index < -0.39 is 5.60 Å². The molecule has 1 N–H and O–H groups in total. The number of carbonyl (C=O) groups is 2. The van der Waals surface area contributed by atoms with Crippen LogP contribution in [0, 0.1) is 6.92 Å². The zero-order valence-electron chi connectivity index (χ0n) is 17.4. The van der Waals surface area contributed by atoms with E-state index in [9.17, 15) is 9.59 Å². The Balaban J connectivity index is 1.49. The van der Waals surface area contributed by atoms with Crippen molar-refractivity contribution in [2.45, 2.75) is 33.3 Å². The van der Waals surface area contributed by atoms with Gasteiger partial charge in [-0.05, 0) is 39.8 Å². The van der Waals surface area contributed by atoms with Crippen LogP contribution in [0.15, 0.2) is 29.6 Å². The Morgan fingerprint density at radius 1 is 1.21 bits per heavy atom. The fourth-order valence-electron chi connectivity index (χ4n) is 3.07. The van der Waals surface area contributed by atoms with E-state index in [1.165, 1.54) is 0 Å². The number of ether oxygens (including phenoxy) is 1. The highest BCUT2D eigenvalue weighted by molar-refractivity contribution is 7.09. The molecule has 0 bridgehead atoms. The summed E-state index contributed by atoms with van der Waals surface area (Å²) >= 11 is 1.61. The maximum Gasteiger partial charge on any atom is 0.410 e. The number of nitrogens with one attached hydrogen (secondary N) is 1. The molecular weight excluding hydrogens is 388 g/mol. The number of carbonyl (C=O) groups excluding carboxylic acids is 2. The lowest BCUT2D eigenvalue weighted by atomic mass is 10.1. The van der Waals surface area contributed by atoms with E-state index in [0.717, 1.165) is 22.0 Å². The van der Waals surface area contributed by atoms with Crippen LogP contribution in [-0.2, 0) is 9.53 Å². The summed E-state index contributed by atoms with van der Waals surface area (Å²) < 4.78 is 5.41. The molecule has 156 valence electrons. The van der Waals surface area contributed by atoms with Gasteiger partial charge in [0, 0.05) is 42.8 Å². The highest BCUT2D eigenvalue weighted by Crippen LogP contribution is 2.24. The molecule has 0 atom stereocenters. The quantitative estimate of drug-likeness (QED) is 0.824. The summed E-state index contributed by atoms with van der Waals surface area (Å²) in [4.78, 5) is 32.8. The number of hydrogen-bond donors (Lipinski definition) is 1. The predicted molar refractivity (Wildman–Crippen MR) is 115 cm³/mol. The molecule has 2 amide bonds. The third-order valence-electron chi connectivity index (χ3n) is 4.45. The zero-order valence-corrected chi connectivity index (χ0v) is 18.2. The molecule has 0 aliphatic carbocycles. The molecule has 1 fully saturated rings. The van der Waals surface area contributed by atoms with Crippen molar-refractivity contribution in [3.05, 3.63) is 34.7 Å². The van der Waals surface area contributed by atoms with Gasteiger partial charge in [0.05, 0.1) is 17.2 Å². The van der Waals surface area contributed by atoms with E-state index in [-0.39, 0.29) is 12.0 Å². The van der Waals surface area contributed by atoms with Crippen molar-refractivity contribution in [3.8, 4) is 11.3 Å². The Hall–Kier alpha value is -2.45. The molecular formula is C21H28N4O3S. The Bertz CT molecular complexity index is 867. The van der Waals surface area contributed by atoms with Gasteiger partial charge < -0.3 is 15.0 Å². The molecule has 8 heteroatoms. The van der Waals surface area contributed by atoms with Crippen molar-refractivity contribution < 1.29 is 14.3 Å². The highest BCUT2D eigenvalue weighted by atomic mass is 32.1. The Morgan fingerprint density at radius 3 is 2.55 bits per heavy atom. The first kappa shape index (κ1) is 21.3. The van der Waals surface area contributed by atoms with Gasteiger partial charge in [-0.1, -0.05) is 12.1 Å². The van der Waals surface area contributed by atoms with Crippen molar-refractivity contribution in [1.82, 2.24) is 14.8 Å². The lowest BCUT2D eigenvalue weighted by molar-refractivity contribution is -0.117. The van der Waals surface area contributed by atoms with Gasteiger partial charge in [0.15, 0.2) is 0 Å². The summed E-state index contributed by atoms with van der Waals surface area (Å²) in [5.41, 5.74) is 2.16. The largest absolute Gasteiger partial charge is 0.444 e. The minimum atomic E-state index is -0.500. The second-order valence-electron chi connectivity index (χ2n) is 8.12. The number of aryl methyl sites for hydroxylation is 1. The number of nitrogens with zero attached hydrogens (tertiary/aromatic N) is 3. The third kappa shape index (κ3) is 6.27. The molecule has 2 aromatic rings. The average Bonchev–Trinajstić information content (AvgIpc) is 3.07. The SMILES string of the molecule is Cc1nc(-c2cccc(NC(=O)CN3CCN(C(=O)OC(C)(C)C)CC3)c2)cs1. The fraction of sp³-hybridized carbons (Fsp3) is 0.476. The summed E-state index contributed by atoms with van der Waals surface area (Å²) in [6.45, 7) is 10.2. The highest BCUT2D eigenvalue weighted by Gasteiger charge is 2.26. The van der Waals surface area contributed by atoms with E-state index in [1.807, 2.05) is 62.2 Å². The van der Waals surface area contributed by atoms with Crippen LogP contribution >= 0.6 is 11.3 Å². The first-order chi connectivity index (χ1) is 13.7. The van der Waals surface area contributed by atoms with Crippen LogP contribution in [0.2, 0.25) is 0 Å². The van der Waals surface area contributed by atoms with Crippen LogP contribution < -0.4 is 5.32 Å². The van der Waals surface area contributed by atoms with E-state index in [2.05, 4.69) is 10.3 Å². The molecule has 1 aromatic heterocycles. The van der Waals surface area contributed by atoms with E-state index in [4.69, 9.17) is 4.74 Å². The lowest BCUT2D eigenvalue weighted by Gasteiger charge is -2.35. The number of benzene rings is 1. The molecule has 0 spiro atoms. The Kier molecular flexibility index (Phi) is 6.54. The number of piperazine rings is 1. The lowest BCUT2D eigenvalue weighted by Crippen LogP contribution is -2.51. The fourth-order valence-corrected chi connectivity index (χ4v) is 3.69. The standard InChI is InChI=1S/C21H28N4O3S/c1-15-22-18(14-29-15)16-6-5-7-17(12-16)23-19(26)13-24-8-10-25(11-9-24)20(27)28-21(2,3)4/h5-7,12,14H,8-11,13H2,1-4H3,(H,23,26). The molecule has 0 saturated carbocycles. The second kappa shape index (κ2) is 8.92. The number of amides is 2. The number of aromatic nitrogens is 1. The van der Waals surface area contributed by atoms with Crippen LogP contribution in [-0.4, -0.2) is 65.1 Å². The molecule has 1 aliphatic rings. The van der Waals surface area contributed by atoms with E-state index in [0.29, 0.717) is 32.7 Å². The molecule has 1 aromatic carbocycles. The molecule has 0 unspecified atom stereocenters. The molecule has 29 heavy (non-hydrogen) atoms. The van der Waals surface area contributed by atoms with Crippen molar-refractivity contribution in [3.63, 3.8) is 0 Å². The number of hydrogen-bond acceptors (Lipinski definition) is 6. The normalized spacial score (nSPS) is 15.2. The smallest absolute Gasteiger partial charge is 0.410 e. The summed E-state index contributed by atoms with van der Waals surface area (Å²) in [6.07, 6.45) is -0.296. The van der Waals surface area contributed by atoms with Gasteiger partial charge in [0.25, 0.3) is 0 Å². The van der Waals surface area contributed by atoms with Crippen molar-refractivity contribution >= 4 is 29.0 Å². The van der Waals surface area contributed by atoms with Gasteiger partial charge in [0.2, 0.25) is 5.91 Å². The Labute approximate surface area is 175 Å². The van der Waals surface area contributed by atoms with Crippen molar-refractivity contribution in [2.75, 3.05) is 38.0 Å². The third-order valence-corrected chi connectivity index (χ3v) is 5.23. The van der Waals surface area contributed by atoms with Crippen LogP contribution in [0.1, 0.15) is 25.8 Å². The van der Waals surface area contributed by atoms with Crippen LogP contribution in [0.25, 0.3) is 11.3 Å². The van der Waals surface area contributed by atoms with E-state index >= 15 is 0 Å². The topological polar surface area (TPSA) is 74.8 Å². The van der Waals surface area contributed by atoms with Crippen molar-refractivity contribution in [2.24, 2.45) is 0 Å². The number of thiazole rings is 1. The van der Waals surface area contributed by atoms with Crippen LogP contribution in [0.3, 0.4) is 0 Å². The minimum absolute atomic E-state index is 0.0673. The summed E-state index contributed by atoms with van der Waals surface area (Å²) in [5.74, 6) is -0.0673. The average molecular weight is 417 g/mol. The van der Waals surface area contributed by atoms with Gasteiger partial charge in [-0.3, -0.25) is 9.69 Å². The molecule has 1 saturated heterocycles. The molecule has 0 radical (unpaired) electrons. The van der Waals surface area contributed by atoms with E-state index in [1.54, 1.807) is 16.2 Å². The maximum absolute atomic E-state index is 12.5. The number of rotatable bonds is 4. The van der Waals surface area contributed by atoms with Gasteiger partial charge >= 0.3 is 6.09 Å². The summed E-state index contributed by atoms with van der Waals surface area (Å²) in [5, 5.41) is 5.99. The van der Waals surface area contributed by atoms with Gasteiger partial charge in [0.1, 0.15) is 5.60 Å². The van der Waals surface area contributed by atoms with Gasteiger partial charge in [-0.2, -0.15) is 0 Å². The minimum Gasteiger partial charge on any atom is -0.444 e.